The zero-order chi connectivity index (χ0) is 5.11. The first-order valence-electron chi connectivity index (χ1n) is 2.22. The van der Waals surface area contributed by atoms with Crippen LogP contribution in [0.15, 0.2) is 24.3 Å². The maximum Gasteiger partial charge on any atom is 0.217 e. The molecule has 1 radical (unpaired) electrons. The number of halogens is 1. The van der Waals surface area contributed by atoms with Crippen LogP contribution in [0.3, 0.4) is 0 Å². The van der Waals surface area contributed by atoms with E-state index in [0.717, 1.165) is 0 Å². The van der Waals surface area contributed by atoms with E-state index in [4.69, 9.17) is 0 Å². The Kier molecular flexibility index (Phi) is 1.74. The molecule has 0 aromatic rings. The summed E-state index contributed by atoms with van der Waals surface area (Å²) in [6.45, 7) is 0. The average molecular weight is 156 g/mol. The molecule has 0 aliphatic heterocycles. The summed E-state index contributed by atoms with van der Waals surface area (Å²) in [6.07, 6.45) is 10.3. The molecule has 0 aromatic carbocycles. The molecule has 0 aromatic heterocycles. The lowest BCUT2D eigenvalue weighted by Crippen LogP contribution is -1.82. The molecule has 7 heavy (non-hydrogen) atoms. The second-order valence-electron chi connectivity index (χ2n) is 1.47. The van der Waals surface area contributed by atoms with Gasteiger partial charge >= 0.3 is 0 Å². The van der Waals surface area contributed by atoms with Crippen LogP contribution in [0.5, 0.6) is 0 Å². The molecule has 0 unspecified atom stereocenters. The molecule has 0 heterocycles. The summed E-state index contributed by atoms with van der Waals surface area (Å²) in [5.41, 5.74) is 0. The highest BCUT2D eigenvalue weighted by atomic mass is 79.9. The lowest BCUT2D eigenvalue weighted by atomic mass is 9.89. The van der Waals surface area contributed by atoms with Gasteiger partial charge in [0, 0.05) is 0 Å². The summed E-state index contributed by atoms with van der Waals surface area (Å²) < 4.78 is 0. The maximum atomic E-state index is 3.25. The van der Waals surface area contributed by atoms with Crippen LogP contribution in [0.25, 0.3) is 0 Å². The average Bonchev–Trinajstić information content (AvgIpc) is 2.14. The van der Waals surface area contributed by atoms with E-state index in [9.17, 15) is 0 Å². The zero-order valence-corrected chi connectivity index (χ0v) is 5.43. The molecule has 0 N–H and O–H groups in total. The summed E-state index contributed by atoms with van der Waals surface area (Å²) in [5.74, 6) is 0.528. The van der Waals surface area contributed by atoms with Crippen molar-refractivity contribution in [1.29, 1.82) is 0 Å². The van der Waals surface area contributed by atoms with Crippen molar-refractivity contribution < 1.29 is 0 Å². The molecule has 1 rings (SSSR count). The topological polar surface area (TPSA) is 0 Å². The molecule has 1 aliphatic rings. The zero-order valence-electron chi connectivity index (χ0n) is 3.84. The fraction of sp³-hybridized carbons (Fsp3) is 0.200. The van der Waals surface area contributed by atoms with E-state index < -0.39 is 0 Å². The first-order chi connectivity index (χ1) is 3.43. The lowest BCUT2D eigenvalue weighted by molar-refractivity contribution is 1.42. The van der Waals surface area contributed by atoms with Gasteiger partial charge in [-0.2, -0.15) is 15.8 Å². The van der Waals surface area contributed by atoms with E-state index in [1.165, 1.54) is 0 Å². The van der Waals surface area contributed by atoms with Crippen molar-refractivity contribution in [3.8, 4) is 0 Å². The summed E-state index contributed by atoms with van der Waals surface area (Å²) in [5, 5.41) is 0. The second-order valence-corrected chi connectivity index (χ2v) is 2.00. The van der Waals surface area contributed by atoms with Crippen molar-refractivity contribution >= 4 is 21.9 Å². The molecule has 35 valence electrons. The van der Waals surface area contributed by atoms with Crippen LogP contribution in [0, 0.1) is 0 Å². The molecule has 0 nitrogen and oxygen atoms in total. The number of hydrogen-bond donors (Lipinski definition) is 0. The van der Waals surface area contributed by atoms with Gasteiger partial charge in [-0.15, -0.1) is 0 Å². The van der Waals surface area contributed by atoms with E-state index in [2.05, 4.69) is 27.9 Å². The van der Waals surface area contributed by atoms with E-state index in [1.807, 2.05) is 18.3 Å². The van der Waals surface area contributed by atoms with E-state index >= 15 is 0 Å². The van der Waals surface area contributed by atoms with Crippen LogP contribution in [0.1, 0.15) is 0 Å². The minimum atomic E-state index is 0.528. The molecule has 0 amide bonds. The Morgan fingerprint density at radius 1 is 1.29 bits per heavy atom. The number of allylic oxidation sites excluding steroid dienone is 4. The van der Waals surface area contributed by atoms with Gasteiger partial charge in [-0.05, 0) is 5.82 Å². The van der Waals surface area contributed by atoms with Crippen LogP contribution < -0.4 is 0 Å². The highest BCUT2D eigenvalue weighted by Gasteiger charge is 1.99. The fourth-order valence-corrected chi connectivity index (χ4v) is 0.885. The molecule has 0 fully saturated rings. The minimum absolute atomic E-state index is 0.528. The molecular weight excluding hydrogens is 151 g/mol. The van der Waals surface area contributed by atoms with Crippen LogP contribution in [0.4, 0.5) is 0 Å². The third kappa shape index (κ3) is 1.20. The van der Waals surface area contributed by atoms with Crippen LogP contribution >= 0.6 is 15.8 Å². The fourth-order valence-electron chi connectivity index (χ4n) is 0.533. The van der Waals surface area contributed by atoms with Gasteiger partial charge in [-0.25, -0.2) is 0 Å². The lowest BCUT2D eigenvalue weighted by Gasteiger charge is -1.89. The van der Waals surface area contributed by atoms with Crippen molar-refractivity contribution in [3.05, 3.63) is 24.3 Å². The first kappa shape index (κ1) is 5.17. The molecule has 0 bridgehead atoms. The normalized spacial score (nSPS) is 18.4. The van der Waals surface area contributed by atoms with Crippen LogP contribution in [-0.2, 0) is 0 Å². The predicted molar refractivity (Wildman–Crippen MR) is 36.7 cm³/mol. The third-order valence-electron chi connectivity index (χ3n) is 0.923. The largest absolute Gasteiger partial charge is 0.217 e. The molecule has 0 atom stereocenters. The van der Waals surface area contributed by atoms with Crippen LogP contribution in [0.2, 0.25) is 5.82 Å². The minimum Gasteiger partial charge on any atom is -0.165 e. The number of rotatable bonds is 1. The van der Waals surface area contributed by atoms with Gasteiger partial charge < -0.3 is 0 Å². The van der Waals surface area contributed by atoms with Crippen LogP contribution in [-0.4, -0.2) is 6.10 Å². The van der Waals surface area contributed by atoms with E-state index in [1.54, 1.807) is 0 Å². The van der Waals surface area contributed by atoms with Gasteiger partial charge in [0.05, 0.1) is 0 Å². The summed E-state index contributed by atoms with van der Waals surface area (Å²) in [7, 11) is 0. The Bertz CT molecular complexity index is 94.6. The van der Waals surface area contributed by atoms with Crippen molar-refractivity contribution in [2.24, 2.45) is 0 Å². The Balaban J connectivity index is 2.44. The van der Waals surface area contributed by atoms with Gasteiger partial charge in [-0.1, -0.05) is 24.3 Å². The Morgan fingerprint density at radius 3 is 2.14 bits per heavy atom. The molecule has 1 aliphatic carbocycles. The SMILES string of the molecule is Br[B]C1C=CC=C1. The van der Waals surface area contributed by atoms with Gasteiger partial charge in [0.25, 0.3) is 0 Å². The highest BCUT2D eigenvalue weighted by Crippen LogP contribution is 2.14. The quantitative estimate of drug-likeness (QED) is 0.508. The maximum absolute atomic E-state index is 3.25. The molecule has 0 saturated carbocycles. The Labute approximate surface area is 52.5 Å². The summed E-state index contributed by atoms with van der Waals surface area (Å²) in [6, 6.07) is 0. The Hall–Kier alpha value is 0.0249. The Morgan fingerprint density at radius 2 is 1.86 bits per heavy atom. The third-order valence-corrected chi connectivity index (χ3v) is 1.53. The van der Waals surface area contributed by atoms with E-state index in [0.29, 0.717) is 5.82 Å². The monoisotopic (exact) mass is 155 g/mol. The first-order valence-corrected chi connectivity index (χ1v) is 3.13. The number of hydrogen-bond acceptors (Lipinski definition) is 0. The van der Waals surface area contributed by atoms with Crippen molar-refractivity contribution in [1.82, 2.24) is 0 Å². The molecular formula is C5H5BBr. The van der Waals surface area contributed by atoms with Crippen molar-refractivity contribution in [3.63, 3.8) is 0 Å². The summed E-state index contributed by atoms with van der Waals surface area (Å²) >= 11 is 3.25. The second kappa shape index (κ2) is 2.36. The van der Waals surface area contributed by atoms with Gasteiger partial charge in [0.1, 0.15) is 0 Å². The molecule has 0 saturated heterocycles. The van der Waals surface area contributed by atoms with Crippen molar-refractivity contribution in [2.45, 2.75) is 5.82 Å². The van der Waals surface area contributed by atoms with Gasteiger partial charge in [-0.3, -0.25) is 0 Å². The van der Waals surface area contributed by atoms with E-state index in [-0.39, 0.29) is 0 Å². The van der Waals surface area contributed by atoms with Gasteiger partial charge in [0.15, 0.2) is 0 Å². The molecule has 2 heteroatoms. The van der Waals surface area contributed by atoms with Crippen molar-refractivity contribution in [2.75, 3.05) is 0 Å². The molecule has 0 spiro atoms. The standard InChI is InChI=1S/C5H5BBr/c7-6-5-3-1-2-4-5/h1-5H. The van der Waals surface area contributed by atoms with Gasteiger partial charge in [0.2, 0.25) is 6.10 Å². The summed E-state index contributed by atoms with van der Waals surface area (Å²) in [4.78, 5) is 0. The highest BCUT2D eigenvalue weighted by molar-refractivity contribution is 9.23. The smallest absolute Gasteiger partial charge is 0.165 e. The predicted octanol–water partition coefficient (Wildman–Crippen LogP) is 1.92.